The number of hydrogen-bond acceptors (Lipinski definition) is 4. The average molecular weight is 358 g/mol. The van der Waals surface area contributed by atoms with Gasteiger partial charge in [0.1, 0.15) is 5.82 Å². The van der Waals surface area contributed by atoms with E-state index in [0.29, 0.717) is 25.3 Å². The van der Waals surface area contributed by atoms with E-state index in [2.05, 4.69) is 5.32 Å². The van der Waals surface area contributed by atoms with Gasteiger partial charge in [0.25, 0.3) is 11.6 Å². The van der Waals surface area contributed by atoms with E-state index in [-0.39, 0.29) is 22.8 Å². The normalized spacial score (nSPS) is 16.0. The third kappa shape index (κ3) is 3.88. The molecule has 0 radical (unpaired) electrons. The lowest BCUT2D eigenvalue weighted by molar-refractivity contribution is -0.384. The maximum Gasteiger partial charge on any atom is 0.269 e. The Morgan fingerprint density at radius 2 is 1.73 bits per heavy atom. The zero-order valence-electron chi connectivity index (χ0n) is 14.1. The fourth-order valence-electron chi connectivity index (χ4n) is 3.22. The molecule has 7 heteroatoms. The minimum atomic E-state index is -0.507. The van der Waals surface area contributed by atoms with E-state index in [0.717, 1.165) is 18.4 Å². The van der Waals surface area contributed by atoms with Crippen LogP contribution in [0.15, 0.2) is 48.5 Å². The molecule has 0 saturated carbocycles. The van der Waals surface area contributed by atoms with Gasteiger partial charge in [-0.25, -0.2) is 4.39 Å². The number of benzene rings is 2. The maximum atomic E-state index is 13.3. The zero-order chi connectivity index (χ0) is 18.6. The molecule has 2 aromatic rings. The monoisotopic (exact) mass is 358 g/mol. The Labute approximate surface area is 150 Å². The Bertz CT molecular complexity index is 784. The lowest BCUT2D eigenvalue weighted by Gasteiger charge is -2.38. The van der Waals surface area contributed by atoms with Gasteiger partial charge in [-0.3, -0.25) is 14.9 Å². The van der Waals surface area contributed by atoms with Gasteiger partial charge >= 0.3 is 0 Å². The molecule has 1 fully saturated rings. The van der Waals surface area contributed by atoms with Crippen molar-refractivity contribution in [3.63, 3.8) is 0 Å². The summed E-state index contributed by atoms with van der Waals surface area (Å²) in [4.78, 5) is 22.6. The van der Waals surface area contributed by atoms with Crippen molar-refractivity contribution in [2.75, 3.05) is 19.8 Å². The number of nitro benzene ring substituents is 1. The van der Waals surface area contributed by atoms with Crippen LogP contribution in [0.1, 0.15) is 28.8 Å². The third-order valence-electron chi connectivity index (χ3n) is 4.83. The molecule has 0 atom stereocenters. The second-order valence-corrected chi connectivity index (χ2v) is 6.39. The molecule has 6 nitrogen and oxygen atoms in total. The second kappa shape index (κ2) is 7.61. The molecule has 1 heterocycles. The van der Waals surface area contributed by atoms with Gasteiger partial charge in [0.2, 0.25) is 0 Å². The fourth-order valence-corrected chi connectivity index (χ4v) is 3.22. The molecule has 1 amide bonds. The Balaban J connectivity index is 1.74. The molecular weight excluding hydrogens is 339 g/mol. The SMILES string of the molecule is O=C(NCC1(c2ccc(F)cc2)CCOCC1)c1ccc([N+](=O)[O-])cc1. The standard InChI is InChI=1S/C19H19FN2O4/c20-16-5-3-15(4-6-16)19(9-11-26-12-10-19)13-21-18(23)14-1-7-17(8-2-14)22(24)25/h1-8H,9-13H2,(H,21,23). The summed E-state index contributed by atoms with van der Waals surface area (Å²) in [7, 11) is 0. The van der Waals surface area contributed by atoms with Gasteiger partial charge in [-0.05, 0) is 42.7 Å². The summed E-state index contributed by atoms with van der Waals surface area (Å²) in [6.07, 6.45) is 1.44. The Morgan fingerprint density at radius 3 is 2.31 bits per heavy atom. The molecule has 1 saturated heterocycles. The topological polar surface area (TPSA) is 81.5 Å². The van der Waals surface area contributed by atoms with E-state index in [1.165, 1.54) is 36.4 Å². The van der Waals surface area contributed by atoms with E-state index in [4.69, 9.17) is 4.74 Å². The van der Waals surface area contributed by atoms with E-state index >= 15 is 0 Å². The van der Waals surface area contributed by atoms with Crippen molar-refractivity contribution in [1.29, 1.82) is 0 Å². The number of amides is 1. The van der Waals surface area contributed by atoms with Crippen LogP contribution in [0.5, 0.6) is 0 Å². The fraction of sp³-hybridized carbons (Fsp3) is 0.316. The van der Waals surface area contributed by atoms with Crippen LogP contribution in [0.3, 0.4) is 0 Å². The van der Waals surface area contributed by atoms with E-state index in [9.17, 15) is 19.3 Å². The molecule has 0 unspecified atom stereocenters. The number of nitrogens with zero attached hydrogens (tertiary/aromatic N) is 1. The summed E-state index contributed by atoms with van der Waals surface area (Å²) in [6, 6.07) is 11.8. The van der Waals surface area contributed by atoms with E-state index in [1.807, 2.05) is 0 Å². The zero-order valence-corrected chi connectivity index (χ0v) is 14.1. The molecule has 0 spiro atoms. The minimum absolute atomic E-state index is 0.0613. The summed E-state index contributed by atoms with van der Waals surface area (Å²) in [5.74, 6) is -0.598. The molecule has 0 aromatic heterocycles. The first kappa shape index (κ1) is 18.0. The Hall–Kier alpha value is -2.80. The van der Waals surface area contributed by atoms with Crippen LogP contribution in [0.2, 0.25) is 0 Å². The van der Waals surface area contributed by atoms with Crippen LogP contribution >= 0.6 is 0 Å². The molecule has 2 aromatic carbocycles. The van der Waals surface area contributed by atoms with Crippen molar-refractivity contribution >= 4 is 11.6 Å². The smallest absolute Gasteiger partial charge is 0.269 e. The van der Waals surface area contributed by atoms with Gasteiger partial charge in [0.05, 0.1) is 4.92 Å². The highest BCUT2D eigenvalue weighted by atomic mass is 19.1. The number of nitrogens with one attached hydrogen (secondary N) is 1. The number of non-ortho nitro benzene ring substituents is 1. The Kier molecular flexibility index (Phi) is 5.27. The summed E-state index contributed by atoms with van der Waals surface area (Å²) in [5, 5.41) is 13.6. The highest BCUT2D eigenvalue weighted by Crippen LogP contribution is 2.34. The predicted octanol–water partition coefficient (Wildman–Crippen LogP) is 3.21. The molecule has 3 rings (SSSR count). The molecule has 0 bridgehead atoms. The van der Waals surface area contributed by atoms with Crippen molar-refractivity contribution in [2.45, 2.75) is 18.3 Å². The van der Waals surface area contributed by atoms with Crippen LogP contribution in [-0.2, 0) is 10.2 Å². The number of nitro groups is 1. The molecule has 136 valence electrons. The average Bonchev–Trinajstić information content (AvgIpc) is 2.67. The van der Waals surface area contributed by atoms with Crippen molar-refractivity contribution < 1.29 is 18.8 Å². The quantitative estimate of drug-likeness (QED) is 0.657. The summed E-state index contributed by atoms with van der Waals surface area (Å²) in [6.45, 7) is 1.54. The van der Waals surface area contributed by atoms with Crippen molar-refractivity contribution in [3.05, 3.63) is 75.6 Å². The number of carbonyl (C=O) groups excluding carboxylic acids is 1. The summed E-state index contributed by atoms with van der Waals surface area (Å²) < 4.78 is 18.7. The molecule has 1 aliphatic heterocycles. The number of rotatable bonds is 5. The molecule has 26 heavy (non-hydrogen) atoms. The number of halogens is 1. The van der Waals surface area contributed by atoms with Gasteiger partial charge in [-0.2, -0.15) is 0 Å². The van der Waals surface area contributed by atoms with Crippen LogP contribution in [0, 0.1) is 15.9 Å². The van der Waals surface area contributed by atoms with Crippen LogP contribution in [-0.4, -0.2) is 30.6 Å². The number of hydrogen-bond donors (Lipinski definition) is 1. The van der Waals surface area contributed by atoms with Crippen molar-refractivity contribution in [3.8, 4) is 0 Å². The van der Waals surface area contributed by atoms with Crippen LogP contribution in [0.25, 0.3) is 0 Å². The Morgan fingerprint density at radius 1 is 1.12 bits per heavy atom. The van der Waals surface area contributed by atoms with Crippen LogP contribution < -0.4 is 5.32 Å². The van der Waals surface area contributed by atoms with Crippen LogP contribution in [0.4, 0.5) is 10.1 Å². The van der Waals surface area contributed by atoms with Gasteiger partial charge in [0.15, 0.2) is 0 Å². The van der Waals surface area contributed by atoms with Crippen molar-refractivity contribution in [2.24, 2.45) is 0 Å². The first-order valence-corrected chi connectivity index (χ1v) is 8.37. The molecule has 1 aliphatic rings. The highest BCUT2D eigenvalue weighted by molar-refractivity contribution is 5.94. The van der Waals surface area contributed by atoms with Gasteiger partial charge < -0.3 is 10.1 Å². The highest BCUT2D eigenvalue weighted by Gasteiger charge is 2.35. The first-order valence-electron chi connectivity index (χ1n) is 8.37. The predicted molar refractivity (Wildman–Crippen MR) is 93.6 cm³/mol. The van der Waals surface area contributed by atoms with Gasteiger partial charge in [-0.1, -0.05) is 12.1 Å². The minimum Gasteiger partial charge on any atom is -0.381 e. The van der Waals surface area contributed by atoms with E-state index in [1.54, 1.807) is 12.1 Å². The van der Waals surface area contributed by atoms with Gasteiger partial charge in [-0.15, -0.1) is 0 Å². The largest absolute Gasteiger partial charge is 0.381 e. The number of ether oxygens (including phenoxy) is 1. The van der Waals surface area contributed by atoms with Gasteiger partial charge in [0, 0.05) is 42.9 Å². The molecule has 1 N–H and O–H groups in total. The summed E-state index contributed by atoms with van der Waals surface area (Å²) >= 11 is 0. The maximum absolute atomic E-state index is 13.3. The molecule has 0 aliphatic carbocycles. The summed E-state index contributed by atoms with van der Waals surface area (Å²) in [5.41, 5.74) is 0.944. The number of carbonyl (C=O) groups is 1. The second-order valence-electron chi connectivity index (χ2n) is 6.39. The van der Waals surface area contributed by atoms with Crippen molar-refractivity contribution in [1.82, 2.24) is 5.32 Å². The molecular formula is C19H19FN2O4. The third-order valence-corrected chi connectivity index (χ3v) is 4.83. The first-order chi connectivity index (χ1) is 12.5. The lowest BCUT2D eigenvalue weighted by atomic mass is 9.74. The lowest BCUT2D eigenvalue weighted by Crippen LogP contribution is -2.44. The van der Waals surface area contributed by atoms with E-state index < -0.39 is 4.92 Å².